The molecule has 96 valence electrons. The highest BCUT2D eigenvalue weighted by molar-refractivity contribution is 5.14. The van der Waals surface area contributed by atoms with Gasteiger partial charge in [0.1, 0.15) is 0 Å². The molecule has 1 aliphatic rings. The SMILES string of the molecule is CC(C)(CCN)CCc1nc(C2(C)CC2)no1. The highest BCUT2D eigenvalue weighted by Crippen LogP contribution is 2.46. The van der Waals surface area contributed by atoms with Gasteiger partial charge in [0, 0.05) is 11.8 Å². The summed E-state index contributed by atoms with van der Waals surface area (Å²) in [5, 5.41) is 4.09. The van der Waals surface area contributed by atoms with Crippen molar-refractivity contribution < 1.29 is 4.52 Å². The van der Waals surface area contributed by atoms with E-state index in [9.17, 15) is 0 Å². The molecule has 1 aromatic heterocycles. The molecule has 1 fully saturated rings. The maximum atomic E-state index is 5.60. The number of hydrogen-bond acceptors (Lipinski definition) is 4. The molecule has 1 saturated carbocycles. The fourth-order valence-corrected chi connectivity index (χ4v) is 1.97. The Morgan fingerprint density at radius 1 is 1.35 bits per heavy atom. The third kappa shape index (κ3) is 3.06. The Hall–Kier alpha value is -0.900. The maximum absolute atomic E-state index is 5.60. The summed E-state index contributed by atoms with van der Waals surface area (Å²) in [5.41, 5.74) is 6.06. The Morgan fingerprint density at radius 2 is 2.06 bits per heavy atom. The maximum Gasteiger partial charge on any atom is 0.226 e. The Labute approximate surface area is 103 Å². The molecular weight excluding hydrogens is 214 g/mol. The normalized spacial score (nSPS) is 18.4. The fraction of sp³-hybridized carbons (Fsp3) is 0.846. The van der Waals surface area contributed by atoms with Gasteiger partial charge in [0.25, 0.3) is 0 Å². The van der Waals surface area contributed by atoms with Gasteiger partial charge in [0.05, 0.1) is 0 Å². The van der Waals surface area contributed by atoms with Gasteiger partial charge in [-0.1, -0.05) is 25.9 Å². The molecule has 0 aromatic carbocycles. The van der Waals surface area contributed by atoms with E-state index in [1.54, 1.807) is 0 Å². The number of aromatic nitrogens is 2. The molecule has 0 radical (unpaired) electrons. The standard InChI is InChI=1S/C13H23N3O/c1-12(2,8-9-14)5-4-10-15-11(16-17-10)13(3)6-7-13/h4-9,14H2,1-3H3. The lowest BCUT2D eigenvalue weighted by molar-refractivity contribution is 0.288. The van der Waals surface area contributed by atoms with Crippen LogP contribution in [-0.2, 0) is 11.8 Å². The van der Waals surface area contributed by atoms with E-state index in [1.807, 2.05) is 0 Å². The molecule has 1 aliphatic carbocycles. The van der Waals surface area contributed by atoms with Crippen LogP contribution in [0.4, 0.5) is 0 Å². The van der Waals surface area contributed by atoms with Gasteiger partial charge in [-0.25, -0.2) is 0 Å². The minimum atomic E-state index is 0.203. The molecule has 17 heavy (non-hydrogen) atoms. The summed E-state index contributed by atoms with van der Waals surface area (Å²) in [4.78, 5) is 4.50. The van der Waals surface area contributed by atoms with Gasteiger partial charge in [-0.3, -0.25) is 0 Å². The molecule has 2 rings (SSSR count). The lowest BCUT2D eigenvalue weighted by Crippen LogP contribution is -2.17. The number of nitrogens with zero attached hydrogens (tertiary/aromatic N) is 2. The molecule has 0 unspecified atom stereocenters. The second-order valence-electron chi connectivity index (χ2n) is 6.28. The van der Waals surface area contributed by atoms with Gasteiger partial charge in [0.15, 0.2) is 5.82 Å². The minimum Gasteiger partial charge on any atom is -0.339 e. The molecule has 0 atom stereocenters. The van der Waals surface area contributed by atoms with Crippen LogP contribution in [0.1, 0.15) is 58.2 Å². The van der Waals surface area contributed by atoms with Crippen molar-refractivity contribution in [3.63, 3.8) is 0 Å². The zero-order valence-corrected chi connectivity index (χ0v) is 11.1. The van der Waals surface area contributed by atoms with Crippen LogP contribution in [0, 0.1) is 5.41 Å². The van der Waals surface area contributed by atoms with Crippen LogP contribution in [0.3, 0.4) is 0 Å². The van der Waals surface area contributed by atoms with Gasteiger partial charge in [-0.05, 0) is 37.6 Å². The van der Waals surface area contributed by atoms with Crippen molar-refractivity contribution in [1.29, 1.82) is 0 Å². The van der Waals surface area contributed by atoms with Crippen molar-refractivity contribution >= 4 is 0 Å². The summed E-state index contributed by atoms with van der Waals surface area (Å²) in [7, 11) is 0. The third-order valence-corrected chi connectivity index (χ3v) is 3.84. The molecule has 1 aromatic rings. The van der Waals surface area contributed by atoms with Gasteiger partial charge >= 0.3 is 0 Å². The third-order valence-electron chi connectivity index (χ3n) is 3.84. The molecule has 0 bridgehead atoms. The summed E-state index contributed by atoms with van der Waals surface area (Å²) in [6, 6.07) is 0. The van der Waals surface area contributed by atoms with Gasteiger partial charge in [-0.2, -0.15) is 4.98 Å². The second kappa shape index (κ2) is 4.41. The van der Waals surface area contributed by atoms with E-state index in [0.29, 0.717) is 0 Å². The predicted molar refractivity (Wildman–Crippen MR) is 66.7 cm³/mol. The molecule has 1 heterocycles. The van der Waals surface area contributed by atoms with E-state index in [4.69, 9.17) is 10.3 Å². The van der Waals surface area contributed by atoms with E-state index in [-0.39, 0.29) is 10.8 Å². The first-order valence-electron chi connectivity index (χ1n) is 6.48. The minimum absolute atomic E-state index is 0.203. The zero-order chi connectivity index (χ0) is 12.5. The van der Waals surface area contributed by atoms with Crippen molar-refractivity contribution in [3.05, 3.63) is 11.7 Å². The van der Waals surface area contributed by atoms with Crippen LogP contribution in [0.2, 0.25) is 0 Å². The lowest BCUT2D eigenvalue weighted by atomic mass is 9.84. The largest absolute Gasteiger partial charge is 0.339 e. The highest BCUT2D eigenvalue weighted by Gasteiger charge is 2.43. The average molecular weight is 237 g/mol. The number of hydrogen-bond donors (Lipinski definition) is 1. The van der Waals surface area contributed by atoms with E-state index < -0.39 is 0 Å². The number of rotatable bonds is 6. The second-order valence-corrected chi connectivity index (χ2v) is 6.28. The Kier molecular flexibility index (Phi) is 3.25. The van der Waals surface area contributed by atoms with Crippen LogP contribution in [0.5, 0.6) is 0 Å². The summed E-state index contributed by atoms with van der Waals surface area (Å²) in [5.74, 6) is 1.67. The van der Waals surface area contributed by atoms with E-state index in [0.717, 1.165) is 37.5 Å². The first-order chi connectivity index (χ1) is 7.95. The lowest BCUT2D eigenvalue weighted by Gasteiger charge is -2.22. The van der Waals surface area contributed by atoms with Crippen molar-refractivity contribution in [2.45, 2.75) is 58.3 Å². The van der Waals surface area contributed by atoms with Gasteiger partial charge in [-0.15, -0.1) is 0 Å². The number of aryl methyl sites for hydroxylation is 1. The van der Waals surface area contributed by atoms with Crippen molar-refractivity contribution in [2.75, 3.05) is 6.54 Å². The Bertz CT molecular complexity index is 380. The van der Waals surface area contributed by atoms with E-state index in [2.05, 4.69) is 30.9 Å². The smallest absolute Gasteiger partial charge is 0.226 e. The summed E-state index contributed by atoms with van der Waals surface area (Å²) in [6.45, 7) is 7.40. The molecule has 0 saturated heterocycles. The monoisotopic (exact) mass is 237 g/mol. The molecule has 0 spiro atoms. The van der Waals surface area contributed by atoms with E-state index >= 15 is 0 Å². The molecular formula is C13H23N3O. The zero-order valence-electron chi connectivity index (χ0n) is 11.1. The number of nitrogens with two attached hydrogens (primary N) is 1. The fourth-order valence-electron chi connectivity index (χ4n) is 1.97. The quantitative estimate of drug-likeness (QED) is 0.825. The van der Waals surface area contributed by atoms with E-state index in [1.165, 1.54) is 12.8 Å². The van der Waals surface area contributed by atoms with Crippen LogP contribution in [-0.4, -0.2) is 16.7 Å². The van der Waals surface area contributed by atoms with Crippen LogP contribution in [0.25, 0.3) is 0 Å². The summed E-state index contributed by atoms with van der Waals surface area (Å²) in [6.07, 6.45) is 5.31. The molecule has 4 nitrogen and oxygen atoms in total. The first-order valence-corrected chi connectivity index (χ1v) is 6.48. The van der Waals surface area contributed by atoms with Gasteiger partial charge < -0.3 is 10.3 Å². The highest BCUT2D eigenvalue weighted by atomic mass is 16.5. The van der Waals surface area contributed by atoms with Crippen molar-refractivity contribution in [2.24, 2.45) is 11.1 Å². The molecule has 4 heteroatoms. The van der Waals surface area contributed by atoms with Crippen LogP contribution >= 0.6 is 0 Å². The summed E-state index contributed by atoms with van der Waals surface area (Å²) >= 11 is 0. The molecule has 0 aliphatic heterocycles. The Morgan fingerprint density at radius 3 is 2.65 bits per heavy atom. The average Bonchev–Trinajstić information content (AvgIpc) is 2.81. The van der Waals surface area contributed by atoms with Gasteiger partial charge in [0.2, 0.25) is 5.89 Å². The predicted octanol–water partition coefficient (Wildman–Crippen LogP) is 2.43. The first kappa shape index (κ1) is 12.6. The molecule has 2 N–H and O–H groups in total. The van der Waals surface area contributed by atoms with Crippen LogP contribution < -0.4 is 5.73 Å². The van der Waals surface area contributed by atoms with Crippen molar-refractivity contribution in [3.8, 4) is 0 Å². The topological polar surface area (TPSA) is 64.9 Å². The Balaban J connectivity index is 1.89. The summed E-state index contributed by atoms with van der Waals surface area (Å²) < 4.78 is 5.31. The van der Waals surface area contributed by atoms with Crippen LogP contribution in [0.15, 0.2) is 4.52 Å². The van der Waals surface area contributed by atoms with Crippen molar-refractivity contribution in [1.82, 2.24) is 10.1 Å². The molecule has 0 amide bonds.